The van der Waals surface area contributed by atoms with E-state index in [4.69, 9.17) is 4.84 Å². The van der Waals surface area contributed by atoms with Crippen molar-refractivity contribution in [3.05, 3.63) is 35.4 Å². The van der Waals surface area contributed by atoms with Gasteiger partial charge < -0.3 is 4.84 Å². The molecule has 7 heteroatoms. The Morgan fingerprint density at radius 3 is 2.83 bits per heavy atom. The Balaban J connectivity index is 1.69. The molecule has 0 bridgehead atoms. The number of halogens is 4. The van der Waals surface area contributed by atoms with Crippen molar-refractivity contribution >= 4 is 20.6 Å². The van der Waals surface area contributed by atoms with Gasteiger partial charge in [0.1, 0.15) is 10.7 Å². The summed E-state index contributed by atoms with van der Waals surface area (Å²) in [6, 6.07) is 5.59. The Bertz CT molecular complexity index is 620. The summed E-state index contributed by atoms with van der Waals surface area (Å²) in [5.41, 5.74) is 0.118. The molecular formula is C17H20BrF3N2O. The topological polar surface area (TPSA) is 24.8 Å². The van der Waals surface area contributed by atoms with Crippen molar-refractivity contribution < 1.29 is 18.0 Å². The van der Waals surface area contributed by atoms with E-state index in [-0.39, 0.29) is 12.1 Å². The zero-order chi connectivity index (χ0) is 17.3. The highest BCUT2D eigenvalue weighted by molar-refractivity contribution is 9.18. The van der Waals surface area contributed by atoms with Crippen molar-refractivity contribution in [2.75, 3.05) is 13.1 Å². The van der Waals surface area contributed by atoms with E-state index in [9.17, 15) is 13.2 Å². The van der Waals surface area contributed by atoms with Crippen LogP contribution in [-0.2, 0) is 11.0 Å². The summed E-state index contributed by atoms with van der Waals surface area (Å²) < 4.78 is 39.6. The van der Waals surface area contributed by atoms with E-state index in [0.29, 0.717) is 11.5 Å². The third-order valence-corrected chi connectivity index (χ3v) is 5.38. The molecule has 3 nitrogen and oxygen atoms in total. The van der Waals surface area contributed by atoms with Crippen molar-refractivity contribution in [1.82, 2.24) is 4.90 Å². The lowest BCUT2D eigenvalue weighted by molar-refractivity contribution is -0.137. The van der Waals surface area contributed by atoms with Gasteiger partial charge in [0, 0.05) is 24.9 Å². The second-order valence-corrected chi connectivity index (χ2v) is 7.43. The zero-order valence-corrected chi connectivity index (χ0v) is 15.0. The number of rotatable bonds is 3. The van der Waals surface area contributed by atoms with Gasteiger partial charge in [-0.2, -0.15) is 13.2 Å². The molecule has 0 aliphatic carbocycles. The van der Waals surface area contributed by atoms with Crippen molar-refractivity contribution in [2.24, 2.45) is 11.1 Å². The van der Waals surface area contributed by atoms with Crippen molar-refractivity contribution in [2.45, 2.75) is 44.5 Å². The monoisotopic (exact) mass is 404 g/mol. The molecule has 132 valence electrons. The fourth-order valence-electron chi connectivity index (χ4n) is 3.50. The van der Waals surface area contributed by atoms with Crippen LogP contribution in [0.1, 0.15) is 43.4 Å². The maximum atomic E-state index is 12.9. The van der Waals surface area contributed by atoms with Gasteiger partial charge in [0.05, 0.1) is 5.56 Å². The van der Waals surface area contributed by atoms with Gasteiger partial charge >= 0.3 is 6.18 Å². The van der Waals surface area contributed by atoms with E-state index in [1.807, 2.05) is 6.92 Å². The zero-order valence-electron chi connectivity index (χ0n) is 13.4. The molecule has 1 aromatic rings. The lowest BCUT2D eigenvalue weighted by Crippen LogP contribution is -2.41. The predicted octanol–water partition coefficient (Wildman–Crippen LogP) is 4.98. The minimum Gasteiger partial charge on any atom is -0.391 e. The largest absolute Gasteiger partial charge is 0.416 e. The fraction of sp³-hybridized carbons (Fsp3) is 0.588. The third kappa shape index (κ3) is 3.94. The molecule has 0 spiro atoms. The molecule has 0 aromatic heterocycles. The average molecular weight is 405 g/mol. The van der Waals surface area contributed by atoms with Crippen LogP contribution in [0, 0.1) is 5.92 Å². The Kier molecular flexibility index (Phi) is 5.20. The first-order chi connectivity index (χ1) is 11.3. The summed E-state index contributed by atoms with van der Waals surface area (Å²) in [6.07, 6.45) is -1.38. The van der Waals surface area contributed by atoms with Crippen LogP contribution >= 0.6 is 15.9 Å². The fourth-order valence-corrected chi connectivity index (χ4v) is 3.90. The van der Waals surface area contributed by atoms with Gasteiger partial charge in [-0.1, -0.05) is 17.3 Å². The maximum Gasteiger partial charge on any atom is 0.416 e. The molecule has 1 fully saturated rings. The summed E-state index contributed by atoms with van der Waals surface area (Å²) in [5, 5.41) is 3.95. The van der Waals surface area contributed by atoms with Crippen molar-refractivity contribution in [3.8, 4) is 0 Å². The van der Waals surface area contributed by atoms with Crippen LogP contribution in [0.3, 0.4) is 0 Å². The summed E-state index contributed by atoms with van der Waals surface area (Å²) in [5.74, 6) is 0.353. The molecule has 3 rings (SSSR count). The summed E-state index contributed by atoms with van der Waals surface area (Å²) in [7, 11) is 0. The van der Waals surface area contributed by atoms with Crippen LogP contribution in [0.4, 0.5) is 13.2 Å². The molecule has 2 aliphatic rings. The van der Waals surface area contributed by atoms with E-state index in [0.717, 1.165) is 43.0 Å². The van der Waals surface area contributed by atoms with Crippen LogP contribution in [0.25, 0.3) is 0 Å². The van der Waals surface area contributed by atoms with E-state index in [1.165, 1.54) is 12.1 Å². The van der Waals surface area contributed by atoms with Gasteiger partial charge in [-0.3, -0.25) is 4.90 Å². The highest BCUT2D eigenvalue weighted by atomic mass is 79.9. The first kappa shape index (κ1) is 17.7. The van der Waals surface area contributed by atoms with Crippen LogP contribution in [0.5, 0.6) is 0 Å². The van der Waals surface area contributed by atoms with Gasteiger partial charge in [-0.05, 0) is 59.9 Å². The van der Waals surface area contributed by atoms with Crippen molar-refractivity contribution in [1.29, 1.82) is 0 Å². The van der Waals surface area contributed by atoms with Gasteiger partial charge in [0.15, 0.2) is 0 Å². The SMILES string of the molecule is CC(c1cccc(C(F)(F)F)c1)N1CCC[C@H]([C@@H]2CC(Br)=NO2)C1. The summed E-state index contributed by atoms with van der Waals surface area (Å²) >= 11 is 3.36. The quantitative estimate of drug-likeness (QED) is 0.709. The molecule has 0 saturated carbocycles. The molecule has 0 amide bonds. The lowest BCUT2D eigenvalue weighted by atomic mass is 9.89. The Morgan fingerprint density at radius 2 is 2.17 bits per heavy atom. The summed E-state index contributed by atoms with van der Waals surface area (Å²) in [6.45, 7) is 3.68. The van der Waals surface area contributed by atoms with Crippen molar-refractivity contribution in [3.63, 3.8) is 0 Å². The second-order valence-electron chi connectivity index (χ2n) is 6.51. The van der Waals surface area contributed by atoms with Crippen LogP contribution in [0.2, 0.25) is 0 Å². The number of oxime groups is 1. The second kappa shape index (κ2) is 7.04. The standard InChI is InChI=1S/C17H20BrF3N2O/c1-11(12-4-2-6-14(8-12)17(19,20)21)23-7-3-5-13(10-23)15-9-16(18)22-24-15/h2,4,6,8,11,13,15H,3,5,7,9-10H2,1H3/t11?,13-,15-/m0/s1. The smallest absolute Gasteiger partial charge is 0.391 e. The predicted molar refractivity (Wildman–Crippen MR) is 90.0 cm³/mol. The number of nitrogens with zero attached hydrogens (tertiary/aromatic N) is 2. The van der Waals surface area contributed by atoms with Gasteiger partial charge in [-0.15, -0.1) is 0 Å². The molecule has 0 N–H and O–H groups in total. The number of likely N-dealkylation sites (tertiary alicyclic amines) is 1. The summed E-state index contributed by atoms with van der Waals surface area (Å²) in [4.78, 5) is 7.72. The highest BCUT2D eigenvalue weighted by Gasteiger charge is 2.35. The molecule has 1 aromatic carbocycles. The Labute approximate surface area is 148 Å². The van der Waals surface area contributed by atoms with E-state index in [1.54, 1.807) is 6.07 Å². The van der Waals surface area contributed by atoms with Crippen LogP contribution < -0.4 is 0 Å². The lowest BCUT2D eigenvalue weighted by Gasteiger charge is -2.38. The molecular weight excluding hydrogens is 385 g/mol. The van der Waals surface area contributed by atoms with Crippen LogP contribution in [-0.4, -0.2) is 28.7 Å². The van der Waals surface area contributed by atoms with Gasteiger partial charge in [0.2, 0.25) is 0 Å². The Morgan fingerprint density at radius 1 is 1.38 bits per heavy atom. The first-order valence-electron chi connectivity index (χ1n) is 8.14. The minimum atomic E-state index is -4.30. The number of benzene rings is 1. The molecule has 3 atom stereocenters. The highest BCUT2D eigenvalue weighted by Crippen LogP contribution is 2.35. The number of piperidine rings is 1. The third-order valence-electron chi connectivity index (χ3n) is 4.92. The normalized spacial score (nSPS) is 26.8. The van der Waals surface area contributed by atoms with Crippen LogP contribution in [0.15, 0.2) is 29.4 Å². The van der Waals surface area contributed by atoms with E-state index >= 15 is 0 Å². The minimum absolute atomic E-state index is 0.0548. The molecule has 2 heterocycles. The number of hydrogen-bond acceptors (Lipinski definition) is 3. The van der Waals surface area contributed by atoms with E-state index < -0.39 is 11.7 Å². The van der Waals surface area contributed by atoms with Gasteiger partial charge in [0.25, 0.3) is 0 Å². The Hall–Kier alpha value is -1.08. The average Bonchev–Trinajstić information content (AvgIpc) is 3.00. The van der Waals surface area contributed by atoms with Gasteiger partial charge in [-0.25, -0.2) is 0 Å². The first-order valence-corrected chi connectivity index (χ1v) is 8.93. The molecule has 1 saturated heterocycles. The molecule has 2 aliphatic heterocycles. The number of alkyl halides is 3. The van der Waals surface area contributed by atoms with E-state index in [2.05, 4.69) is 26.0 Å². The molecule has 0 radical (unpaired) electrons. The number of hydrogen-bond donors (Lipinski definition) is 0. The maximum absolute atomic E-state index is 12.9. The molecule has 24 heavy (non-hydrogen) atoms. The molecule has 1 unspecified atom stereocenters.